The second-order valence-corrected chi connectivity index (χ2v) is 4.11. The predicted octanol–water partition coefficient (Wildman–Crippen LogP) is 1.70. The monoisotopic (exact) mass is 219 g/mol. The second kappa shape index (κ2) is 5.12. The van der Waals surface area contributed by atoms with Crippen LogP contribution in [0, 0.1) is 0 Å². The van der Waals surface area contributed by atoms with E-state index in [1.165, 1.54) is 12.7 Å². The Kier molecular flexibility index (Phi) is 3.57. The molecule has 1 heterocycles. The van der Waals surface area contributed by atoms with Crippen LogP contribution in [0.3, 0.4) is 0 Å². The minimum absolute atomic E-state index is 0.159. The molecule has 2 atom stereocenters. The molecule has 16 heavy (non-hydrogen) atoms. The van der Waals surface area contributed by atoms with E-state index in [2.05, 4.69) is 17.4 Å². The van der Waals surface area contributed by atoms with Crippen molar-refractivity contribution in [3.63, 3.8) is 0 Å². The fourth-order valence-electron chi connectivity index (χ4n) is 2.32. The van der Waals surface area contributed by atoms with E-state index in [1.54, 1.807) is 0 Å². The summed E-state index contributed by atoms with van der Waals surface area (Å²) in [5, 5.41) is 3.24. The third-order valence-electron chi connectivity index (χ3n) is 3.14. The van der Waals surface area contributed by atoms with Crippen LogP contribution in [0.5, 0.6) is 0 Å². The highest BCUT2D eigenvalue weighted by atomic mass is 16.5. The van der Waals surface area contributed by atoms with Crippen molar-refractivity contribution < 1.29 is 9.53 Å². The number of piperidine rings is 1. The van der Waals surface area contributed by atoms with E-state index in [0.29, 0.717) is 0 Å². The lowest BCUT2D eigenvalue weighted by molar-refractivity contribution is -0.144. The van der Waals surface area contributed by atoms with E-state index in [-0.39, 0.29) is 17.9 Å². The molecule has 1 N–H and O–H groups in total. The van der Waals surface area contributed by atoms with Crippen LogP contribution in [-0.4, -0.2) is 25.7 Å². The Bertz CT molecular complexity index is 350. The number of hydrogen-bond acceptors (Lipinski definition) is 3. The van der Waals surface area contributed by atoms with Gasteiger partial charge in [0.15, 0.2) is 0 Å². The van der Waals surface area contributed by atoms with Crippen LogP contribution in [-0.2, 0) is 9.53 Å². The molecule has 0 aliphatic carbocycles. The first-order valence-electron chi connectivity index (χ1n) is 5.69. The standard InChI is InChI=1S/C13H17NO2/c1-16-13(15)12-11(8-5-9-14-12)10-6-3-2-4-7-10/h2-4,6-7,11-12,14H,5,8-9H2,1H3/t11-,12-/m0/s1. The molecular weight excluding hydrogens is 202 g/mol. The highest BCUT2D eigenvalue weighted by Crippen LogP contribution is 2.28. The molecule has 0 aromatic heterocycles. The van der Waals surface area contributed by atoms with Crippen LogP contribution >= 0.6 is 0 Å². The highest BCUT2D eigenvalue weighted by Gasteiger charge is 2.32. The minimum atomic E-state index is -0.193. The van der Waals surface area contributed by atoms with Gasteiger partial charge in [-0.05, 0) is 24.9 Å². The van der Waals surface area contributed by atoms with Gasteiger partial charge in [-0.25, -0.2) is 0 Å². The normalized spacial score (nSPS) is 25.1. The van der Waals surface area contributed by atoms with Crippen molar-refractivity contribution >= 4 is 5.97 Å². The number of rotatable bonds is 2. The van der Waals surface area contributed by atoms with Gasteiger partial charge in [-0.1, -0.05) is 30.3 Å². The molecule has 1 aliphatic rings. The third kappa shape index (κ3) is 2.25. The van der Waals surface area contributed by atoms with Gasteiger partial charge in [-0.3, -0.25) is 4.79 Å². The molecule has 3 heteroatoms. The lowest BCUT2D eigenvalue weighted by Gasteiger charge is -2.30. The number of nitrogens with one attached hydrogen (secondary N) is 1. The number of methoxy groups -OCH3 is 1. The Morgan fingerprint density at radius 2 is 2.12 bits per heavy atom. The van der Waals surface area contributed by atoms with Gasteiger partial charge < -0.3 is 10.1 Å². The Hall–Kier alpha value is -1.35. The topological polar surface area (TPSA) is 38.3 Å². The van der Waals surface area contributed by atoms with Gasteiger partial charge in [-0.2, -0.15) is 0 Å². The Morgan fingerprint density at radius 3 is 2.81 bits per heavy atom. The molecule has 1 saturated heterocycles. The maximum atomic E-state index is 11.7. The average molecular weight is 219 g/mol. The van der Waals surface area contributed by atoms with Crippen LogP contribution in [0.15, 0.2) is 30.3 Å². The SMILES string of the molecule is COC(=O)[C@H]1NCCC[C@H]1c1ccccc1. The van der Waals surface area contributed by atoms with Crippen molar-refractivity contribution in [2.75, 3.05) is 13.7 Å². The van der Waals surface area contributed by atoms with Gasteiger partial charge in [0, 0.05) is 5.92 Å². The van der Waals surface area contributed by atoms with Gasteiger partial charge in [0.05, 0.1) is 7.11 Å². The van der Waals surface area contributed by atoms with Crippen LogP contribution in [0.25, 0.3) is 0 Å². The van der Waals surface area contributed by atoms with Gasteiger partial charge >= 0.3 is 5.97 Å². The summed E-state index contributed by atoms with van der Waals surface area (Å²) in [6.45, 7) is 0.892. The molecule has 0 amide bonds. The molecule has 86 valence electrons. The average Bonchev–Trinajstić information content (AvgIpc) is 2.39. The zero-order chi connectivity index (χ0) is 11.4. The summed E-state index contributed by atoms with van der Waals surface area (Å²) < 4.78 is 4.84. The van der Waals surface area contributed by atoms with E-state index < -0.39 is 0 Å². The summed E-state index contributed by atoms with van der Waals surface area (Å²) in [7, 11) is 1.45. The van der Waals surface area contributed by atoms with Gasteiger partial charge in [0.25, 0.3) is 0 Å². The molecule has 1 aromatic carbocycles. The quantitative estimate of drug-likeness (QED) is 0.769. The third-order valence-corrected chi connectivity index (χ3v) is 3.14. The Balaban J connectivity index is 2.20. The van der Waals surface area contributed by atoms with Crippen molar-refractivity contribution in [2.45, 2.75) is 24.8 Å². The van der Waals surface area contributed by atoms with E-state index >= 15 is 0 Å². The lowest BCUT2D eigenvalue weighted by atomic mass is 9.85. The Morgan fingerprint density at radius 1 is 1.38 bits per heavy atom. The summed E-state index contributed by atoms with van der Waals surface area (Å²) in [5.74, 6) is 0.0796. The molecule has 1 aliphatic heterocycles. The van der Waals surface area contributed by atoms with Crippen molar-refractivity contribution in [1.82, 2.24) is 5.32 Å². The zero-order valence-electron chi connectivity index (χ0n) is 9.48. The molecule has 3 nitrogen and oxygen atoms in total. The Labute approximate surface area is 95.8 Å². The lowest BCUT2D eigenvalue weighted by Crippen LogP contribution is -2.46. The van der Waals surface area contributed by atoms with Gasteiger partial charge in [0.1, 0.15) is 6.04 Å². The highest BCUT2D eigenvalue weighted by molar-refractivity contribution is 5.77. The van der Waals surface area contributed by atoms with Gasteiger partial charge in [-0.15, -0.1) is 0 Å². The number of ether oxygens (including phenoxy) is 1. The smallest absolute Gasteiger partial charge is 0.323 e. The molecule has 0 spiro atoms. The molecule has 0 unspecified atom stereocenters. The predicted molar refractivity (Wildman–Crippen MR) is 62.2 cm³/mol. The van der Waals surface area contributed by atoms with Crippen LogP contribution < -0.4 is 5.32 Å². The fourth-order valence-corrected chi connectivity index (χ4v) is 2.32. The van der Waals surface area contributed by atoms with E-state index in [4.69, 9.17) is 4.74 Å². The largest absolute Gasteiger partial charge is 0.468 e. The number of carbonyl (C=O) groups excluding carboxylic acids is 1. The molecule has 1 aromatic rings. The molecule has 0 bridgehead atoms. The first-order chi connectivity index (χ1) is 7.83. The van der Waals surface area contributed by atoms with E-state index in [0.717, 1.165) is 19.4 Å². The van der Waals surface area contributed by atoms with Crippen LogP contribution in [0.1, 0.15) is 24.3 Å². The van der Waals surface area contributed by atoms with Crippen LogP contribution in [0.4, 0.5) is 0 Å². The molecule has 0 saturated carbocycles. The number of hydrogen-bond donors (Lipinski definition) is 1. The second-order valence-electron chi connectivity index (χ2n) is 4.11. The van der Waals surface area contributed by atoms with Crippen molar-refractivity contribution in [3.05, 3.63) is 35.9 Å². The molecule has 1 fully saturated rings. The summed E-state index contributed by atoms with van der Waals surface area (Å²) in [5.41, 5.74) is 1.21. The molecule has 2 rings (SSSR count). The van der Waals surface area contributed by atoms with E-state index in [9.17, 15) is 4.79 Å². The molecule has 0 radical (unpaired) electrons. The number of carbonyl (C=O) groups is 1. The number of benzene rings is 1. The van der Waals surface area contributed by atoms with Crippen molar-refractivity contribution in [1.29, 1.82) is 0 Å². The van der Waals surface area contributed by atoms with E-state index in [1.807, 2.05) is 18.2 Å². The maximum absolute atomic E-state index is 11.7. The summed E-state index contributed by atoms with van der Waals surface area (Å²) in [6.07, 6.45) is 2.14. The first kappa shape index (κ1) is 11.1. The van der Waals surface area contributed by atoms with Crippen molar-refractivity contribution in [2.24, 2.45) is 0 Å². The zero-order valence-corrected chi connectivity index (χ0v) is 9.48. The fraction of sp³-hybridized carbons (Fsp3) is 0.462. The van der Waals surface area contributed by atoms with Gasteiger partial charge in [0.2, 0.25) is 0 Å². The number of esters is 1. The first-order valence-corrected chi connectivity index (χ1v) is 5.69. The summed E-state index contributed by atoms with van der Waals surface area (Å²) >= 11 is 0. The van der Waals surface area contributed by atoms with Crippen LogP contribution in [0.2, 0.25) is 0 Å². The summed E-state index contributed by atoms with van der Waals surface area (Å²) in [6, 6.07) is 9.98. The summed E-state index contributed by atoms with van der Waals surface area (Å²) in [4.78, 5) is 11.7. The minimum Gasteiger partial charge on any atom is -0.468 e. The molecular formula is C13H17NO2. The van der Waals surface area contributed by atoms with Crippen molar-refractivity contribution in [3.8, 4) is 0 Å². The maximum Gasteiger partial charge on any atom is 0.323 e.